The van der Waals surface area contributed by atoms with E-state index in [-0.39, 0.29) is 35.9 Å². The van der Waals surface area contributed by atoms with Gasteiger partial charge >= 0.3 is 6.09 Å². The van der Waals surface area contributed by atoms with Gasteiger partial charge in [-0.25, -0.2) is 14.8 Å². The third-order valence-corrected chi connectivity index (χ3v) is 12.9. The van der Waals surface area contributed by atoms with E-state index < -0.39 is 12.1 Å². The smallest absolute Gasteiger partial charge is 0.407 e. The number of ether oxygens (including phenoxy) is 1. The average Bonchev–Trinajstić information content (AvgIpc) is 4.11. The predicted octanol–water partition coefficient (Wildman–Crippen LogP) is 8.40. The summed E-state index contributed by atoms with van der Waals surface area (Å²) in [6.07, 6.45) is 6.66. The Labute approximate surface area is 356 Å². The van der Waals surface area contributed by atoms with E-state index in [9.17, 15) is 14.4 Å². The number of amides is 3. The Bertz CT molecular complexity index is 2600. The summed E-state index contributed by atoms with van der Waals surface area (Å²) < 4.78 is 4.80. The fraction of sp³-hybridized carbons (Fsp3) is 0.367. The van der Waals surface area contributed by atoms with Crippen LogP contribution >= 0.6 is 0 Å². The first-order chi connectivity index (χ1) is 29.6. The number of methoxy groups -OCH3 is 1. The van der Waals surface area contributed by atoms with Gasteiger partial charge < -0.3 is 29.8 Å². The molecule has 6 aromatic rings. The summed E-state index contributed by atoms with van der Waals surface area (Å²) in [7, 11) is 5.23. The predicted molar refractivity (Wildman–Crippen MR) is 236 cm³/mol. The number of hydrogen-bond acceptors (Lipinski definition) is 7. The summed E-state index contributed by atoms with van der Waals surface area (Å²) in [6, 6.07) is 28.5. The largest absolute Gasteiger partial charge is 0.453 e. The number of benzene rings is 4. The van der Waals surface area contributed by atoms with Crippen LogP contribution in [-0.2, 0) is 27.2 Å². The molecule has 314 valence electrons. The van der Waals surface area contributed by atoms with Crippen molar-refractivity contribution in [2.75, 3.05) is 34.3 Å². The van der Waals surface area contributed by atoms with Crippen molar-refractivity contribution < 1.29 is 19.1 Å². The van der Waals surface area contributed by atoms with E-state index in [1.807, 2.05) is 85.2 Å². The Balaban J connectivity index is 0.910. The Morgan fingerprint density at radius 1 is 0.770 bits per heavy atom. The second-order valence-corrected chi connectivity index (χ2v) is 17.3. The molecule has 2 aliphatic heterocycles. The van der Waals surface area contributed by atoms with Crippen LogP contribution in [0.1, 0.15) is 86.0 Å². The number of likely N-dealkylation sites (N-methyl/N-ethyl adjacent to an activating group) is 1. The van der Waals surface area contributed by atoms with E-state index in [2.05, 4.69) is 63.8 Å². The van der Waals surface area contributed by atoms with Gasteiger partial charge in [0.15, 0.2) is 0 Å². The standard InChI is InChI=1S/C49H54N8O4/c1-29(2)43(54-49(60)61-5)47(58)56-23-10-14-42(56)46-51-38-22-19-32(27-39(38)52-46)31-17-20-36-33(25-31)15-16-34-26-35(18-21-37(34)36)40-28-50-45(53-40)41-13-9-24-57(41)48(59)44(55(3)4)30-11-7-6-8-12-30/h6-8,11-12,17-22,25-29,41-44H,9-10,13-16,23-24H2,1-5H3,(H,50,53)(H,51,52)(H,54,60). The zero-order valence-corrected chi connectivity index (χ0v) is 35.6. The van der Waals surface area contributed by atoms with E-state index in [4.69, 9.17) is 14.7 Å². The van der Waals surface area contributed by atoms with Gasteiger partial charge in [0.2, 0.25) is 11.8 Å². The number of carbonyl (C=O) groups is 3. The third kappa shape index (κ3) is 7.69. The summed E-state index contributed by atoms with van der Waals surface area (Å²) in [4.78, 5) is 62.5. The highest BCUT2D eigenvalue weighted by molar-refractivity contribution is 5.88. The van der Waals surface area contributed by atoms with E-state index in [0.29, 0.717) is 6.54 Å². The Kier molecular flexibility index (Phi) is 11.0. The lowest BCUT2D eigenvalue weighted by molar-refractivity contribution is -0.137. The number of aromatic nitrogens is 4. The Morgan fingerprint density at radius 3 is 2.07 bits per heavy atom. The number of rotatable bonds is 10. The van der Waals surface area contributed by atoms with Crippen molar-refractivity contribution in [1.82, 2.24) is 40.0 Å². The van der Waals surface area contributed by atoms with Crippen LogP contribution in [-0.4, -0.2) is 92.9 Å². The molecule has 4 aromatic carbocycles. The summed E-state index contributed by atoms with van der Waals surface area (Å²) >= 11 is 0. The quantitative estimate of drug-likeness (QED) is 0.126. The number of hydrogen-bond donors (Lipinski definition) is 3. The highest BCUT2D eigenvalue weighted by atomic mass is 16.5. The summed E-state index contributed by atoms with van der Waals surface area (Å²) in [5.74, 6) is 1.49. The van der Waals surface area contributed by atoms with Crippen molar-refractivity contribution in [3.8, 4) is 33.5 Å². The lowest BCUT2D eigenvalue weighted by Gasteiger charge is -2.31. The highest BCUT2D eigenvalue weighted by Crippen LogP contribution is 2.40. The van der Waals surface area contributed by atoms with Gasteiger partial charge in [0.1, 0.15) is 23.7 Å². The van der Waals surface area contributed by atoms with Crippen molar-refractivity contribution in [3.05, 3.63) is 119 Å². The van der Waals surface area contributed by atoms with Gasteiger partial charge in [0.05, 0.1) is 42.1 Å². The van der Waals surface area contributed by atoms with Crippen molar-refractivity contribution in [2.24, 2.45) is 5.92 Å². The zero-order valence-electron chi connectivity index (χ0n) is 35.6. The van der Waals surface area contributed by atoms with Crippen LogP contribution in [0, 0.1) is 5.92 Å². The summed E-state index contributed by atoms with van der Waals surface area (Å²) in [5, 5.41) is 2.73. The molecule has 0 radical (unpaired) electrons. The Hall–Kier alpha value is -6.27. The molecule has 3 N–H and O–H groups in total. The van der Waals surface area contributed by atoms with Crippen LogP contribution < -0.4 is 5.32 Å². The third-order valence-electron chi connectivity index (χ3n) is 12.9. The lowest BCUT2D eigenvalue weighted by Crippen LogP contribution is -2.51. The molecule has 61 heavy (non-hydrogen) atoms. The topological polar surface area (TPSA) is 140 Å². The number of H-pyrrole nitrogens is 2. The molecule has 4 atom stereocenters. The molecule has 2 saturated heterocycles. The summed E-state index contributed by atoms with van der Waals surface area (Å²) in [6.45, 7) is 5.17. The van der Waals surface area contributed by atoms with Crippen LogP contribution in [0.15, 0.2) is 91.1 Å². The molecule has 1 aliphatic carbocycles. The van der Waals surface area contributed by atoms with Crippen molar-refractivity contribution >= 4 is 28.9 Å². The van der Waals surface area contributed by atoms with Gasteiger partial charge in [-0.1, -0.05) is 80.6 Å². The summed E-state index contributed by atoms with van der Waals surface area (Å²) in [5.41, 5.74) is 12.2. The number of aromatic amines is 2. The fourth-order valence-electron chi connectivity index (χ4n) is 9.72. The van der Waals surface area contributed by atoms with Crippen LogP contribution in [0.4, 0.5) is 4.79 Å². The van der Waals surface area contributed by atoms with Gasteiger partial charge in [-0.3, -0.25) is 14.5 Å². The molecular formula is C49H54N8O4. The maximum atomic E-state index is 14.0. The number of nitrogens with zero attached hydrogens (tertiary/aromatic N) is 5. The number of alkyl carbamates (subject to hydrolysis) is 1. The van der Waals surface area contributed by atoms with E-state index in [1.165, 1.54) is 29.4 Å². The van der Waals surface area contributed by atoms with Crippen molar-refractivity contribution in [3.63, 3.8) is 0 Å². The maximum Gasteiger partial charge on any atom is 0.407 e. The molecule has 12 nitrogen and oxygen atoms in total. The minimum absolute atomic E-state index is 0.0867. The molecule has 2 fully saturated rings. The van der Waals surface area contributed by atoms with E-state index in [0.717, 1.165) is 95.7 Å². The maximum absolute atomic E-state index is 14.0. The minimum atomic E-state index is -0.679. The van der Waals surface area contributed by atoms with Crippen LogP contribution in [0.2, 0.25) is 0 Å². The number of imidazole rings is 2. The fourth-order valence-corrected chi connectivity index (χ4v) is 9.72. The van der Waals surface area contributed by atoms with Crippen molar-refractivity contribution in [2.45, 2.75) is 76.5 Å². The monoisotopic (exact) mass is 818 g/mol. The van der Waals surface area contributed by atoms with Crippen LogP contribution in [0.3, 0.4) is 0 Å². The van der Waals surface area contributed by atoms with Crippen LogP contribution in [0.5, 0.6) is 0 Å². The first-order valence-corrected chi connectivity index (χ1v) is 21.6. The van der Waals surface area contributed by atoms with Gasteiger partial charge in [-0.05, 0) is 121 Å². The first kappa shape index (κ1) is 40.2. The molecule has 3 amide bonds. The number of nitrogens with one attached hydrogen (secondary N) is 3. The van der Waals surface area contributed by atoms with Gasteiger partial charge in [-0.15, -0.1) is 0 Å². The highest BCUT2D eigenvalue weighted by Gasteiger charge is 2.39. The average molecular weight is 819 g/mol. The number of fused-ring (bicyclic) bond motifs is 4. The van der Waals surface area contributed by atoms with Gasteiger partial charge in [0.25, 0.3) is 0 Å². The zero-order chi connectivity index (χ0) is 42.4. The molecule has 0 bridgehead atoms. The van der Waals surface area contributed by atoms with Crippen LogP contribution in [0.25, 0.3) is 44.5 Å². The molecule has 3 aliphatic rings. The molecule has 0 spiro atoms. The second-order valence-electron chi connectivity index (χ2n) is 17.3. The SMILES string of the molecule is COC(=O)NC(C(=O)N1CCCC1c1nc2ccc(-c3ccc4c(c3)CCc3cc(-c5cnc(C6CCCN6C(=O)C(c6ccccc6)N(C)C)[nH]5)ccc3-4)cc2[nH]1)C(C)C. The molecular weight excluding hydrogens is 765 g/mol. The molecule has 2 aromatic heterocycles. The number of likely N-dealkylation sites (tertiary alicyclic amines) is 2. The van der Waals surface area contributed by atoms with E-state index >= 15 is 0 Å². The molecule has 4 heterocycles. The van der Waals surface area contributed by atoms with Gasteiger partial charge in [-0.2, -0.15) is 0 Å². The molecule has 9 rings (SSSR count). The van der Waals surface area contributed by atoms with Crippen molar-refractivity contribution in [1.29, 1.82) is 0 Å². The van der Waals surface area contributed by atoms with Gasteiger partial charge in [0, 0.05) is 13.1 Å². The number of aryl methyl sites for hydroxylation is 2. The lowest BCUT2D eigenvalue weighted by atomic mass is 9.83. The normalized spacial score (nSPS) is 18.3. The molecule has 12 heteroatoms. The minimum Gasteiger partial charge on any atom is -0.453 e. The molecule has 4 unspecified atom stereocenters. The van der Waals surface area contributed by atoms with E-state index in [1.54, 1.807) is 0 Å². The second kappa shape index (κ2) is 16.6. The number of carbonyl (C=O) groups excluding carboxylic acids is 3. The molecule has 0 saturated carbocycles. The first-order valence-electron chi connectivity index (χ1n) is 21.6. The Morgan fingerprint density at radius 2 is 1.39 bits per heavy atom.